The molecule has 7 nitrogen and oxygen atoms in total. The van der Waals surface area contributed by atoms with Gasteiger partial charge in [0.25, 0.3) is 5.91 Å². The van der Waals surface area contributed by atoms with Crippen molar-refractivity contribution in [2.75, 3.05) is 0 Å². The van der Waals surface area contributed by atoms with E-state index in [0.29, 0.717) is 18.7 Å². The number of alkyl halides is 3. The third kappa shape index (κ3) is 3.71. The van der Waals surface area contributed by atoms with Crippen LogP contribution in [0.1, 0.15) is 40.6 Å². The summed E-state index contributed by atoms with van der Waals surface area (Å²) in [5.41, 5.74) is -0.174. The molecular formula is C18H15F3N6O. The van der Waals surface area contributed by atoms with Crippen LogP contribution in [0.4, 0.5) is 13.2 Å². The lowest BCUT2D eigenvalue weighted by atomic mass is 9.76. The van der Waals surface area contributed by atoms with Gasteiger partial charge in [-0.05, 0) is 36.5 Å². The van der Waals surface area contributed by atoms with Gasteiger partial charge >= 0.3 is 6.18 Å². The third-order valence-corrected chi connectivity index (χ3v) is 4.63. The topological polar surface area (TPSA) is 85.6 Å². The molecule has 1 aliphatic carbocycles. The number of pyridine rings is 1. The third-order valence-electron chi connectivity index (χ3n) is 4.63. The first-order valence-corrected chi connectivity index (χ1v) is 8.55. The van der Waals surface area contributed by atoms with E-state index >= 15 is 0 Å². The van der Waals surface area contributed by atoms with Crippen LogP contribution >= 0.6 is 0 Å². The Morgan fingerprint density at radius 1 is 1.14 bits per heavy atom. The first-order valence-electron chi connectivity index (χ1n) is 8.55. The molecule has 0 radical (unpaired) electrons. The molecule has 10 heteroatoms. The summed E-state index contributed by atoms with van der Waals surface area (Å²) in [5, 5.41) is 2.85. The molecule has 1 amide bonds. The molecule has 3 aromatic rings. The van der Waals surface area contributed by atoms with Crippen molar-refractivity contribution in [2.45, 2.75) is 31.0 Å². The Balaban J connectivity index is 1.35. The van der Waals surface area contributed by atoms with Crippen molar-refractivity contribution in [3.8, 4) is 5.82 Å². The number of carbonyl (C=O) groups is 1. The Bertz CT molecular complexity index is 966. The van der Waals surface area contributed by atoms with Crippen LogP contribution in [0.5, 0.6) is 0 Å². The maximum atomic E-state index is 12.6. The molecule has 1 saturated carbocycles. The Morgan fingerprint density at radius 2 is 1.96 bits per heavy atom. The molecule has 1 aliphatic rings. The molecule has 0 spiro atoms. The van der Waals surface area contributed by atoms with Gasteiger partial charge in [-0.2, -0.15) is 13.2 Å². The number of aromatic nitrogens is 5. The minimum Gasteiger partial charge on any atom is -0.347 e. The summed E-state index contributed by atoms with van der Waals surface area (Å²) < 4.78 is 39.4. The number of rotatable bonds is 4. The molecular weight excluding hydrogens is 373 g/mol. The number of hydrogen-bond donors (Lipinski definition) is 1. The van der Waals surface area contributed by atoms with Crippen molar-refractivity contribution < 1.29 is 18.0 Å². The van der Waals surface area contributed by atoms with Crippen LogP contribution < -0.4 is 5.32 Å². The molecule has 1 fully saturated rings. The molecule has 3 aromatic heterocycles. The van der Waals surface area contributed by atoms with Gasteiger partial charge in [-0.25, -0.2) is 15.0 Å². The van der Waals surface area contributed by atoms with Crippen LogP contribution in [0.15, 0.2) is 49.3 Å². The van der Waals surface area contributed by atoms with Gasteiger partial charge in [-0.1, -0.05) is 6.07 Å². The molecule has 0 atom stereocenters. The standard InChI is InChI=1S/C18H15F3N6O/c19-18(20,21)14-2-1-11(9-24-14)12-7-13(8-12)25-17(28)16-23-4-3-15(26-16)27-6-5-22-10-27/h1-6,9-10,12-13H,7-8H2,(H,25,28). The number of amides is 1. The largest absolute Gasteiger partial charge is 0.433 e. The number of nitrogens with one attached hydrogen (secondary N) is 1. The van der Waals surface area contributed by atoms with E-state index in [1.54, 1.807) is 29.4 Å². The van der Waals surface area contributed by atoms with E-state index in [9.17, 15) is 18.0 Å². The Kier molecular flexibility index (Phi) is 4.54. The van der Waals surface area contributed by atoms with Crippen molar-refractivity contribution in [3.05, 3.63) is 66.4 Å². The van der Waals surface area contributed by atoms with Gasteiger partial charge < -0.3 is 5.32 Å². The van der Waals surface area contributed by atoms with Gasteiger partial charge in [0.15, 0.2) is 0 Å². The van der Waals surface area contributed by atoms with Crippen LogP contribution in [-0.4, -0.2) is 36.5 Å². The van der Waals surface area contributed by atoms with Crippen LogP contribution in [0.25, 0.3) is 5.82 Å². The van der Waals surface area contributed by atoms with E-state index < -0.39 is 17.8 Å². The maximum absolute atomic E-state index is 12.6. The summed E-state index contributed by atoms with van der Waals surface area (Å²) in [6.45, 7) is 0. The fourth-order valence-corrected chi connectivity index (χ4v) is 3.07. The molecule has 144 valence electrons. The van der Waals surface area contributed by atoms with Crippen LogP contribution in [0, 0.1) is 0 Å². The van der Waals surface area contributed by atoms with Gasteiger partial charge in [0.2, 0.25) is 5.82 Å². The number of imidazole rings is 1. The monoisotopic (exact) mass is 388 g/mol. The zero-order chi connectivity index (χ0) is 19.7. The fraction of sp³-hybridized carbons (Fsp3) is 0.278. The second-order valence-corrected chi connectivity index (χ2v) is 6.52. The van der Waals surface area contributed by atoms with E-state index in [0.717, 1.165) is 11.6 Å². The molecule has 1 N–H and O–H groups in total. The highest BCUT2D eigenvalue weighted by molar-refractivity contribution is 5.90. The summed E-state index contributed by atoms with van der Waals surface area (Å²) in [5.74, 6) is 0.250. The Hall–Kier alpha value is -3.30. The fourth-order valence-electron chi connectivity index (χ4n) is 3.07. The summed E-state index contributed by atoms with van der Waals surface area (Å²) >= 11 is 0. The average molecular weight is 388 g/mol. The second-order valence-electron chi connectivity index (χ2n) is 6.52. The van der Waals surface area contributed by atoms with Crippen LogP contribution in [-0.2, 0) is 6.18 Å². The molecule has 4 rings (SSSR count). The average Bonchev–Trinajstić information content (AvgIpc) is 3.18. The van der Waals surface area contributed by atoms with E-state index in [4.69, 9.17) is 0 Å². The molecule has 28 heavy (non-hydrogen) atoms. The lowest BCUT2D eigenvalue weighted by Gasteiger charge is -2.35. The van der Waals surface area contributed by atoms with E-state index in [1.807, 2.05) is 0 Å². The van der Waals surface area contributed by atoms with E-state index in [-0.39, 0.29) is 17.8 Å². The van der Waals surface area contributed by atoms with Crippen molar-refractivity contribution in [2.24, 2.45) is 0 Å². The summed E-state index contributed by atoms with van der Waals surface area (Å²) in [6.07, 6.45) is 4.43. The predicted molar refractivity (Wildman–Crippen MR) is 91.6 cm³/mol. The zero-order valence-corrected chi connectivity index (χ0v) is 14.5. The van der Waals surface area contributed by atoms with Crippen molar-refractivity contribution in [1.82, 2.24) is 29.8 Å². The molecule has 3 heterocycles. The number of nitrogens with zero attached hydrogens (tertiary/aromatic N) is 5. The SMILES string of the molecule is O=C(NC1CC(c2ccc(C(F)(F)F)nc2)C1)c1nccc(-n2ccnc2)n1. The molecule has 0 saturated heterocycles. The molecule has 0 unspecified atom stereocenters. The highest BCUT2D eigenvalue weighted by Crippen LogP contribution is 2.37. The van der Waals surface area contributed by atoms with Crippen molar-refractivity contribution >= 4 is 5.91 Å². The van der Waals surface area contributed by atoms with E-state index in [1.165, 1.54) is 18.5 Å². The minimum absolute atomic E-state index is 0.0471. The summed E-state index contributed by atoms with van der Waals surface area (Å²) in [6, 6.07) is 4.00. The minimum atomic E-state index is -4.44. The first kappa shape index (κ1) is 18.1. The summed E-state index contributed by atoms with van der Waals surface area (Å²) in [7, 11) is 0. The molecule has 0 aromatic carbocycles. The predicted octanol–water partition coefficient (Wildman–Crippen LogP) is 2.75. The van der Waals surface area contributed by atoms with Gasteiger partial charge in [0.05, 0.1) is 0 Å². The normalized spacial score (nSPS) is 19.1. The lowest BCUT2D eigenvalue weighted by molar-refractivity contribution is -0.141. The zero-order valence-electron chi connectivity index (χ0n) is 14.5. The highest BCUT2D eigenvalue weighted by atomic mass is 19.4. The quantitative estimate of drug-likeness (QED) is 0.743. The van der Waals surface area contributed by atoms with Gasteiger partial charge in [0, 0.05) is 30.8 Å². The highest BCUT2D eigenvalue weighted by Gasteiger charge is 2.35. The number of carbonyl (C=O) groups excluding carboxylic acids is 1. The van der Waals surface area contributed by atoms with Crippen LogP contribution in [0.2, 0.25) is 0 Å². The maximum Gasteiger partial charge on any atom is 0.433 e. The lowest BCUT2D eigenvalue weighted by Crippen LogP contribution is -2.44. The number of hydrogen-bond acceptors (Lipinski definition) is 5. The smallest absolute Gasteiger partial charge is 0.347 e. The second kappa shape index (κ2) is 7.02. The van der Waals surface area contributed by atoms with Gasteiger partial charge in [-0.15, -0.1) is 0 Å². The first-order chi connectivity index (χ1) is 13.4. The molecule has 0 bridgehead atoms. The van der Waals surface area contributed by atoms with Crippen molar-refractivity contribution in [1.29, 1.82) is 0 Å². The number of halogens is 3. The van der Waals surface area contributed by atoms with Gasteiger partial charge in [-0.3, -0.25) is 14.3 Å². The molecule has 0 aliphatic heterocycles. The Labute approximate surface area is 157 Å². The van der Waals surface area contributed by atoms with E-state index in [2.05, 4.69) is 25.3 Å². The van der Waals surface area contributed by atoms with Crippen molar-refractivity contribution in [3.63, 3.8) is 0 Å². The Morgan fingerprint density at radius 3 is 2.61 bits per heavy atom. The summed E-state index contributed by atoms with van der Waals surface area (Å²) in [4.78, 5) is 28.0. The van der Waals surface area contributed by atoms with Crippen LogP contribution in [0.3, 0.4) is 0 Å². The van der Waals surface area contributed by atoms with Gasteiger partial charge in [0.1, 0.15) is 17.8 Å².